The van der Waals surface area contributed by atoms with Crippen LogP contribution in [0.3, 0.4) is 0 Å². The number of rotatable bonds is 10. The van der Waals surface area contributed by atoms with Gasteiger partial charge < -0.3 is 10.2 Å². The number of carboxylic acids is 2. The molecule has 4 nitrogen and oxygen atoms in total. The number of aromatic carboxylic acids is 2. The highest BCUT2D eigenvalue weighted by Gasteiger charge is 2.16. The topological polar surface area (TPSA) is 74.6 Å². The molecule has 0 saturated carbocycles. The van der Waals surface area contributed by atoms with Gasteiger partial charge >= 0.3 is 11.9 Å². The van der Waals surface area contributed by atoms with Crippen LogP contribution in [0.2, 0.25) is 0 Å². The molecule has 0 heterocycles. The highest BCUT2D eigenvalue weighted by atomic mass is 16.4. The molecule has 0 spiro atoms. The smallest absolute Gasteiger partial charge is 0.336 e. The van der Waals surface area contributed by atoms with Gasteiger partial charge in [0.15, 0.2) is 0 Å². The number of unbranched alkanes of at least 4 members (excludes halogenated alkanes) is 6. The van der Waals surface area contributed by atoms with Crippen molar-refractivity contribution in [2.45, 2.75) is 58.3 Å². The zero-order valence-corrected chi connectivity index (χ0v) is 12.6. The Hall–Kier alpha value is -1.84. The van der Waals surface area contributed by atoms with Crippen LogP contribution in [0.5, 0.6) is 0 Å². The fourth-order valence-electron chi connectivity index (χ4n) is 2.40. The molecule has 0 atom stereocenters. The molecule has 0 aromatic heterocycles. The first kappa shape index (κ1) is 17.2. The number of benzene rings is 1. The van der Waals surface area contributed by atoms with E-state index in [0.29, 0.717) is 0 Å². The summed E-state index contributed by atoms with van der Waals surface area (Å²) in [6.07, 6.45) is 9.23. The van der Waals surface area contributed by atoms with Crippen LogP contribution >= 0.6 is 0 Å². The van der Waals surface area contributed by atoms with Crippen LogP contribution in [0.4, 0.5) is 0 Å². The number of hydrogen-bond donors (Lipinski definition) is 2. The van der Waals surface area contributed by atoms with Gasteiger partial charge in [0.2, 0.25) is 0 Å². The van der Waals surface area contributed by atoms with Crippen molar-refractivity contribution >= 4 is 11.9 Å². The van der Waals surface area contributed by atoms with Crippen molar-refractivity contribution < 1.29 is 19.8 Å². The van der Waals surface area contributed by atoms with E-state index in [9.17, 15) is 9.59 Å². The van der Waals surface area contributed by atoms with E-state index in [2.05, 4.69) is 6.92 Å². The second-order valence-electron chi connectivity index (χ2n) is 5.36. The summed E-state index contributed by atoms with van der Waals surface area (Å²) in [7, 11) is 0. The minimum atomic E-state index is -1.20. The van der Waals surface area contributed by atoms with E-state index in [1.807, 2.05) is 0 Å². The Labute approximate surface area is 125 Å². The summed E-state index contributed by atoms with van der Waals surface area (Å²) in [5.41, 5.74) is 0.625. The summed E-state index contributed by atoms with van der Waals surface area (Å²) in [6, 6.07) is 4.60. The molecule has 21 heavy (non-hydrogen) atoms. The average Bonchev–Trinajstić information content (AvgIpc) is 2.46. The molecule has 0 aliphatic carbocycles. The Morgan fingerprint density at radius 2 is 1.43 bits per heavy atom. The van der Waals surface area contributed by atoms with E-state index in [0.717, 1.165) is 24.8 Å². The Balaban J connectivity index is 2.47. The fraction of sp³-hybridized carbons (Fsp3) is 0.529. The first-order chi connectivity index (χ1) is 10.1. The van der Waals surface area contributed by atoms with Gasteiger partial charge in [-0.05, 0) is 30.5 Å². The Bertz CT molecular complexity index is 480. The van der Waals surface area contributed by atoms with Gasteiger partial charge in [-0.25, -0.2) is 9.59 Å². The minimum absolute atomic E-state index is 0.122. The zero-order valence-electron chi connectivity index (χ0n) is 12.6. The number of carbonyl (C=O) groups is 2. The Morgan fingerprint density at radius 3 is 2.00 bits per heavy atom. The Morgan fingerprint density at radius 1 is 0.857 bits per heavy atom. The maximum absolute atomic E-state index is 11.1. The standard InChI is InChI=1S/C17H24O4/c1-2-3-4-5-6-7-8-9-13-10-11-14(16(18)19)15(12-13)17(20)21/h10-12H,2-9H2,1H3,(H,18,19)(H,20,21). The lowest BCUT2D eigenvalue weighted by molar-refractivity contribution is 0.0651. The molecule has 1 aromatic carbocycles. The molecule has 1 rings (SSSR count). The average molecular weight is 292 g/mol. The van der Waals surface area contributed by atoms with Gasteiger partial charge in [-0.1, -0.05) is 51.5 Å². The third-order valence-electron chi connectivity index (χ3n) is 3.61. The summed E-state index contributed by atoms with van der Waals surface area (Å²) in [5, 5.41) is 18.0. The highest BCUT2D eigenvalue weighted by molar-refractivity contribution is 6.01. The minimum Gasteiger partial charge on any atom is -0.478 e. The number of hydrogen-bond acceptors (Lipinski definition) is 2. The number of carboxylic acid groups (broad SMARTS) is 2. The van der Waals surface area contributed by atoms with Gasteiger partial charge in [-0.3, -0.25) is 0 Å². The maximum atomic E-state index is 11.1. The van der Waals surface area contributed by atoms with Crippen LogP contribution in [0, 0.1) is 0 Å². The predicted octanol–water partition coefficient (Wildman–Crippen LogP) is 4.38. The van der Waals surface area contributed by atoms with Gasteiger partial charge in [0.25, 0.3) is 0 Å². The molecular formula is C17H24O4. The van der Waals surface area contributed by atoms with E-state index in [4.69, 9.17) is 10.2 Å². The van der Waals surface area contributed by atoms with Crippen molar-refractivity contribution in [2.75, 3.05) is 0 Å². The first-order valence-electron chi connectivity index (χ1n) is 7.65. The molecule has 0 aliphatic heterocycles. The van der Waals surface area contributed by atoms with E-state index >= 15 is 0 Å². The van der Waals surface area contributed by atoms with Gasteiger partial charge in [0, 0.05) is 0 Å². The summed E-state index contributed by atoms with van der Waals surface area (Å²) in [4.78, 5) is 22.1. The van der Waals surface area contributed by atoms with Crippen LogP contribution in [-0.4, -0.2) is 22.2 Å². The lowest BCUT2D eigenvalue weighted by atomic mass is 9.99. The second kappa shape index (κ2) is 9.16. The molecule has 0 unspecified atom stereocenters. The first-order valence-corrected chi connectivity index (χ1v) is 7.65. The van der Waals surface area contributed by atoms with E-state index in [-0.39, 0.29) is 11.1 Å². The summed E-state index contributed by atoms with van der Waals surface area (Å²) in [5.74, 6) is -2.39. The third-order valence-corrected chi connectivity index (χ3v) is 3.61. The van der Waals surface area contributed by atoms with Crippen molar-refractivity contribution in [3.63, 3.8) is 0 Å². The summed E-state index contributed by atoms with van der Waals surface area (Å²) in [6.45, 7) is 2.20. The monoisotopic (exact) mass is 292 g/mol. The van der Waals surface area contributed by atoms with Crippen molar-refractivity contribution in [3.05, 3.63) is 34.9 Å². The van der Waals surface area contributed by atoms with Crippen molar-refractivity contribution in [1.82, 2.24) is 0 Å². The lowest BCUT2D eigenvalue weighted by Gasteiger charge is -2.06. The quantitative estimate of drug-likeness (QED) is 0.628. The summed E-state index contributed by atoms with van der Waals surface area (Å²) < 4.78 is 0. The van der Waals surface area contributed by atoms with Crippen LogP contribution in [-0.2, 0) is 6.42 Å². The fourth-order valence-corrected chi connectivity index (χ4v) is 2.40. The predicted molar refractivity (Wildman–Crippen MR) is 82.1 cm³/mol. The molecular weight excluding hydrogens is 268 g/mol. The third kappa shape index (κ3) is 5.98. The van der Waals surface area contributed by atoms with E-state index < -0.39 is 11.9 Å². The molecule has 1 aromatic rings. The summed E-state index contributed by atoms with van der Waals surface area (Å²) >= 11 is 0. The van der Waals surface area contributed by atoms with Crippen LogP contribution < -0.4 is 0 Å². The van der Waals surface area contributed by atoms with Gasteiger partial charge in [0.1, 0.15) is 0 Å². The molecule has 2 N–H and O–H groups in total. The van der Waals surface area contributed by atoms with Crippen LogP contribution in [0.15, 0.2) is 18.2 Å². The second-order valence-corrected chi connectivity index (χ2v) is 5.36. The van der Waals surface area contributed by atoms with Gasteiger partial charge in [-0.15, -0.1) is 0 Å². The Kier molecular flexibility index (Phi) is 7.51. The van der Waals surface area contributed by atoms with Crippen molar-refractivity contribution in [1.29, 1.82) is 0 Å². The molecule has 0 aliphatic rings. The van der Waals surface area contributed by atoms with Gasteiger partial charge in [0.05, 0.1) is 11.1 Å². The highest BCUT2D eigenvalue weighted by Crippen LogP contribution is 2.16. The van der Waals surface area contributed by atoms with Crippen molar-refractivity contribution in [3.8, 4) is 0 Å². The number of aryl methyl sites for hydroxylation is 1. The molecule has 0 radical (unpaired) electrons. The molecule has 116 valence electrons. The van der Waals surface area contributed by atoms with E-state index in [1.165, 1.54) is 44.2 Å². The molecule has 0 bridgehead atoms. The molecule has 0 fully saturated rings. The molecule has 0 amide bonds. The van der Waals surface area contributed by atoms with Crippen LogP contribution in [0.1, 0.15) is 78.1 Å². The van der Waals surface area contributed by atoms with Crippen molar-refractivity contribution in [2.24, 2.45) is 0 Å². The van der Waals surface area contributed by atoms with Crippen LogP contribution in [0.25, 0.3) is 0 Å². The lowest BCUT2D eigenvalue weighted by Crippen LogP contribution is -2.08. The van der Waals surface area contributed by atoms with E-state index in [1.54, 1.807) is 6.07 Å². The molecule has 4 heteroatoms. The normalized spacial score (nSPS) is 10.5. The zero-order chi connectivity index (χ0) is 15.7. The van der Waals surface area contributed by atoms with Gasteiger partial charge in [-0.2, -0.15) is 0 Å². The largest absolute Gasteiger partial charge is 0.478 e. The molecule has 0 saturated heterocycles. The SMILES string of the molecule is CCCCCCCCCc1ccc(C(=O)O)c(C(=O)O)c1. The maximum Gasteiger partial charge on any atom is 0.336 e.